The zero-order chi connectivity index (χ0) is 16.9. The van der Waals surface area contributed by atoms with Crippen molar-refractivity contribution in [3.05, 3.63) is 48.1 Å². The summed E-state index contributed by atoms with van der Waals surface area (Å²) in [4.78, 5) is 15.5. The first-order chi connectivity index (χ1) is 11.7. The van der Waals surface area contributed by atoms with Gasteiger partial charge in [-0.1, -0.05) is 17.3 Å². The molecule has 3 rings (SSSR count). The number of hydrogen-bond donors (Lipinski definition) is 2. The topological polar surface area (TPSA) is 115 Å². The van der Waals surface area contributed by atoms with Crippen LogP contribution >= 0.6 is 0 Å². The van der Waals surface area contributed by atoms with E-state index in [4.69, 9.17) is 14.4 Å². The van der Waals surface area contributed by atoms with Crippen molar-refractivity contribution < 1.29 is 19.2 Å². The zero-order valence-corrected chi connectivity index (χ0v) is 12.8. The predicted octanol–water partition coefficient (Wildman–Crippen LogP) is 1.17. The molecule has 0 radical (unpaired) electrons. The average molecular weight is 329 g/mol. The molecule has 2 heterocycles. The lowest BCUT2D eigenvalue weighted by atomic mass is 10.3. The largest absolute Gasteiger partial charge is 0.438 e. The molecule has 0 aliphatic rings. The van der Waals surface area contributed by atoms with Crippen LogP contribution in [0.5, 0.6) is 0 Å². The first kappa shape index (κ1) is 15.8. The molecule has 0 saturated heterocycles. The first-order valence-corrected chi connectivity index (χ1v) is 7.09. The lowest BCUT2D eigenvalue weighted by molar-refractivity contribution is -0.124. The summed E-state index contributed by atoms with van der Waals surface area (Å²) in [5.41, 5.74) is 3.36. The molecule has 0 saturated carbocycles. The van der Waals surface area contributed by atoms with Crippen LogP contribution in [0.4, 0.5) is 0 Å². The van der Waals surface area contributed by atoms with E-state index in [0.29, 0.717) is 17.2 Å². The van der Waals surface area contributed by atoms with Gasteiger partial charge in [-0.25, -0.2) is 15.1 Å². The fraction of sp³-hybridized carbons (Fsp3) is 0.200. The molecule has 3 aromatic rings. The highest BCUT2D eigenvalue weighted by Crippen LogP contribution is 2.23. The van der Waals surface area contributed by atoms with Crippen molar-refractivity contribution >= 4 is 23.1 Å². The summed E-state index contributed by atoms with van der Waals surface area (Å²) in [6.07, 6.45) is 4.18. The number of nitrogens with zero attached hydrogens (tertiary/aromatic N) is 4. The second-order valence-electron chi connectivity index (χ2n) is 4.92. The highest BCUT2D eigenvalue weighted by Gasteiger charge is 2.21. The molecule has 0 fully saturated rings. The van der Waals surface area contributed by atoms with Crippen LogP contribution in [0.1, 0.15) is 17.6 Å². The Morgan fingerprint density at radius 2 is 2.33 bits per heavy atom. The second kappa shape index (κ2) is 7.02. The number of hydrogen-bond acceptors (Lipinski definition) is 7. The van der Waals surface area contributed by atoms with Gasteiger partial charge in [0.05, 0.1) is 12.8 Å². The van der Waals surface area contributed by atoms with Gasteiger partial charge in [0.2, 0.25) is 5.89 Å². The van der Waals surface area contributed by atoms with E-state index in [-0.39, 0.29) is 6.61 Å². The number of carbonyl (C=O) groups is 1. The normalized spacial score (nSPS) is 12.8. The smallest absolute Gasteiger partial charge is 0.267 e. The maximum Gasteiger partial charge on any atom is 0.267 e. The Morgan fingerprint density at radius 1 is 1.50 bits per heavy atom. The molecule has 0 bridgehead atoms. The van der Waals surface area contributed by atoms with Crippen LogP contribution in [0, 0.1) is 0 Å². The van der Waals surface area contributed by atoms with Crippen LogP contribution in [-0.2, 0) is 9.53 Å². The highest BCUT2D eigenvalue weighted by atomic mass is 16.5. The van der Waals surface area contributed by atoms with E-state index in [1.165, 1.54) is 11.6 Å². The Labute approximate surface area is 136 Å². The molecule has 1 amide bonds. The fourth-order valence-electron chi connectivity index (χ4n) is 2.17. The molecular formula is C15H15N5O4. The second-order valence-corrected chi connectivity index (χ2v) is 4.92. The van der Waals surface area contributed by atoms with Gasteiger partial charge in [-0.05, 0) is 18.2 Å². The Bertz CT molecular complexity index is 837. The summed E-state index contributed by atoms with van der Waals surface area (Å²) in [6, 6.07) is 7.04. The van der Waals surface area contributed by atoms with E-state index in [1.807, 2.05) is 24.3 Å². The number of carbonyl (C=O) groups excluding carboxylic acids is 1. The van der Waals surface area contributed by atoms with E-state index < -0.39 is 11.9 Å². The van der Waals surface area contributed by atoms with E-state index in [2.05, 4.69) is 15.3 Å². The van der Waals surface area contributed by atoms with Gasteiger partial charge in [0, 0.05) is 13.2 Å². The molecule has 0 aliphatic heterocycles. The number of methoxy groups -OCH3 is 1. The van der Waals surface area contributed by atoms with Gasteiger partial charge in [-0.3, -0.25) is 10.0 Å². The third kappa shape index (κ3) is 3.31. The predicted molar refractivity (Wildman–Crippen MR) is 83.0 cm³/mol. The average Bonchev–Trinajstić information content (AvgIpc) is 3.24. The fourth-order valence-corrected chi connectivity index (χ4v) is 2.17. The summed E-state index contributed by atoms with van der Waals surface area (Å²) in [5.74, 6) is -0.205. The van der Waals surface area contributed by atoms with Crippen molar-refractivity contribution in [1.82, 2.24) is 25.5 Å². The summed E-state index contributed by atoms with van der Waals surface area (Å²) < 4.78 is 12.5. The minimum atomic E-state index is -0.656. The molecule has 0 aliphatic carbocycles. The van der Waals surface area contributed by atoms with Crippen molar-refractivity contribution in [2.75, 3.05) is 13.7 Å². The van der Waals surface area contributed by atoms with E-state index in [9.17, 15) is 4.79 Å². The van der Waals surface area contributed by atoms with E-state index >= 15 is 0 Å². The van der Waals surface area contributed by atoms with Crippen molar-refractivity contribution in [2.45, 2.75) is 6.04 Å². The highest BCUT2D eigenvalue weighted by molar-refractivity contribution is 5.90. The van der Waals surface area contributed by atoms with Crippen LogP contribution in [0.25, 0.3) is 17.2 Å². The number of nitrogens with one attached hydrogen (secondary N) is 1. The van der Waals surface area contributed by atoms with E-state index in [0.717, 1.165) is 11.6 Å². The minimum absolute atomic E-state index is 0.288. The summed E-state index contributed by atoms with van der Waals surface area (Å²) in [6.45, 7) is 0.288. The number of amides is 1. The van der Waals surface area contributed by atoms with Crippen LogP contribution < -0.4 is 5.48 Å². The summed E-state index contributed by atoms with van der Waals surface area (Å²) >= 11 is 0. The molecular weight excluding hydrogens is 314 g/mol. The van der Waals surface area contributed by atoms with Gasteiger partial charge >= 0.3 is 0 Å². The molecule has 0 spiro atoms. The van der Waals surface area contributed by atoms with Gasteiger partial charge in [-0.15, -0.1) is 5.10 Å². The van der Waals surface area contributed by atoms with Gasteiger partial charge in [0.1, 0.15) is 11.2 Å². The molecule has 1 atom stereocenters. The molecule has 2 aromatic heterocycles. The maximum atomic E-state index is 11.0. The molecule has 2 N–H and O–H groups in total. The molecule has 9 nitrogen and oxygen atoms in total. The molecule has 9 heteroatoms. The third-order valence-corrected chi connectivity index (χ3v) is 3.28. The molecule has 1 unspecified atom stereocenters. The van der Waals surface area contributed by atoms with E-state index in [1.54, 1.807) is 18.0 Å². The lowest BCUT2D eigenvalue weighted by Crippen LogP contribution is -2.17. The third-order valence-electron chi connectivity index (χ3n) is 3.28. The summed E-state index contributed by atoms with van der Waals surface area (Å²) in [7, 11) is 1.57. The van der Waals surface area contributed by atoms with Crippen molar-refractivity contribution in [3.8, 4) is 0 Å². The number of benzene rings is 1. The van der Waals surface area contributed by atoms with Crippen LogP contribution in [0.3, 0.4) is 0 Å². The van der Waals surface area contributed by atoms with Crippen LogP contribution in [0.15, 0.2) is 41.0 Å². The van der Waals surface area contributed by atoms with Crippen molar-refractivity contribution in [1.29, 1.82) is 0 Å². The first-order valence-electron chi connectivity index (χ1n) is 7.09. The number of hydroxylamine groups is 1. The molecule has 1 aromatic carbocycles. The molecule has 24 heavy (non-hydrogen) atoms. The Morgan fingerprint density at radius 3 is 3.08 bits per heavy atom. The number of para-hydroxylation sites is 2. The van der Waals surface area contributed by atoms with Crippen molar-refractivity contribution in [3.63, 3.8) is 0 Å². The van der Waals surface area contributed by atoms with Crippen LogP contribution in [-0.4, -0.2) is 44.8 Å². The Balaban J connectivity index is 1.89. The van der Waals surface area contributed by atoms with Crippen molar-refractivity contribution in [2.24, 2.45) is 0 Å². The lowest BCUT2D eigenvalue weighted by Gasteiger charge is -2.11. The number of oxazole rings is 1. The SMILES string of the molecule is COCC(c1nc2ccccc2o1)n1cc(C=CC(=O)NO)nn1. The van der Waals surface area contributed by atoms with Gasteiger partial charge < -0.3 is 9.15 Å². The molecule has 124 valence electrons. The Kier molecular flexibility index (Phi) is 4.64. The maximum absolute atomic E-state index is 11.0. The number of fused-ring (bicyclic) bond motifs is 1. The number of rotatable bonds is 6. The number of ether oxygens (including phenoxy) is 1. The van der Waals surface area contributed by atoms with Gasteiger partial charge in [0.25, 0.3) is 5.91 Å². The standard InChI is InChI=1S/C15H15N5O4/c1-23-9-12(15-16-11-4-2-3-5-13(11)24-15)20-8-10(17-19-20)6-7-14(21)18-22/h2-8,12,22H,9H2,1H3,(H,18,21). The Hall–Kier alpha value is -3.04. The van der Waals surface area contributed by atoms with Gasteiger partial charge in [0.15, 0.2) is 11.6 Å². The monoisotopic (exact) mass is 329 g/mol. The number of aromatic nitrogens is 4. The summed E-state index contributed by atoms with van der Waals surface area (Å²) in [5, 5.41) is 16.4. The quantitative estimate of drug-likeness (QED) is 0.396. The van der Waals surface area contributed by atoms with Crippen LogP contribution in [0.2, 0.25) is 0 Å². The zero-order valence-electron chi connectivity index (χ0n) is 12.8. The van der Waals surface area contributed by atoms with Gasteiger partial charge in [-0.2, -0.15) is 0 Å². The minimum Gasteiger partial charge on any atom is -0.438 e.